The zero-order valence-electron chi connectivity index (χ0n) is 13.1. The molecule has 118 valence electrons. The maximum absolute atomic E-state index is 4.60. The van der Waals surface area contributed by atoms with Crippen LogP contribution < -0.4 is 10.2 Å². The molecule has 23 heavy (non-hydrogen) atoms. The van der Waals surface area contributed by atoms with Gasteiger partial charge in [0.1, 0.15) is 11.6 Å². The van der Waals surface area contributed by atoms with Gasteiger partial charge in [-0.05, 0) is 31.3 Å². The van der Waals surface area contributed by atoms with E-state index in [1.165, 1.54) is 0 Å². The van der Waals surface area contributed by atoms with Crippen LogP contribution in [0.4, 0.5) is 17.6 Å². The minimum absolute atomic E-state index is 0.560. The quantitative estimate of drug-likeness (QED) is 0.793. The monoisotopic (exact) mass is 309 g/mol. The Bertz CT molecular complexity index is 791. The first kappa shape index (κ1) is 14.0. The summed E-state index contributed by atoms with van der Waals surface area (Å²) in [6.07, 6.45) is 1.74. The van der Waals surface area contributed by atoms with Crippen molar-refractivity contribution < 1.29 is 0 Å². The highest BCUT2D eigenvalue weighted by atomic mass is 15.4. The van der Waals surface area contributed by atoms with Gasteiger partial charge in [-0.3, -0.25) is 0 Å². The van der Waals surface area contributed by atoms with Crippen LogP contribution in [0.25, 0.3) is 5.65 Å². The van der Waals surface area contributed by atoms with Gasteiger partial charge in [-0.1, -0.05) is 12.1 Å². The lowest BCUT2D eigenvalue weighted by Gasteiger charge is -2.33. The normalized spacial score (nSPS) is 16.0. The molecule has 7 nitrogen and oxygen atoms in total. The van der Waals surface area contributed by atoms with Gasteiger partial charge < -0.3 is 15.1 Å². The highest BCUT2D eigenvalue weighted by molar-refractivity contribution is 5.56. The number of nitrogens with one attached hydrogen (secondary N) is 1. The molecule has 0 atom stereocenters. The molecule has 4 rings (SSSR count). The second-order valence-corrected chi connectivity index (χ2v) is 5.72. The Balaban J connectivity index is 1.65. The van der Waals surface area contributed by atoms with E-state index in [0.29, 0.717) is 5.95 Å². The van der Waals surface area contributed by atoms with E-state index in [9.17, 15) is 0 Å². The van der Waals surface area contributed by atoms with E-state index in [0.717, 1.165) is 43.5 Å². The van der Waals surface area contributed by atoms with Crippen LogP contribution in [0.2, 0.25) is 0 Å². The molecule has 7 heteroatoms. The third-order valence-corrected chi connectivity index (χ3v) is 4.07. The Kier molecular flexibility index (Phi) is 3.55. The van der Waals surface area contributed by atoms with Gasteiger partial charge in [0.05, 0.1) is 0 Å². The SMILES string of the molecule is CN1CCN(c2cccc3nc(Nc4ccccn4)nn23)CC1. The number of rotatable bonds is 3. The molecule has 0 spiro atoms. The molecule has 0 aromatic carbocycles. The molecule has 1 N–H and O–H groups in total. The number of hydrogen-bond acceptors (Lipinski definition) is 6. The Morgan fingerprint density at radius 1 is 1.00 bits per heavy atom. The zero-order chi connectivity index (χ0) is 15.6. The van der Waals surface area contributed by atoms with Crippen molar-refractivity contribution in [3.63, 3.8) is 0 Å². The fraction of sp³-hybridized carbons (Fsp3) is 0.312. The van der Waals surface area contributed by atoms with E-state index in [4.69, 9.17) is 0 Å². The van der Waals surface area contributed by atoms with Crippen molar-refractivity contribution in [1.29, 1.82) is 0 Å². The molecule has 0 amide bonds. The minimum atomic E-state index is 0.560. The number of fused-ring (bicyclic) bond motifs is 1. The van der Waals surface area contributed by atoms with Crippen molar-refractivity contribution in [2.75, 3.05) is 43.4 Å². The predicted octanol–water partition coefficient (Wildman–Crippen LogP) is 1.62. The van der Waals surface area contributed by atoms with Crippen LogP contribution in [0.3, 0.4) is 0 Å². The number of hydrogen-bond donors (Lipinski definition) is 1. The maximum atomic E-state index is 4.60. The molecule has 3 aromatic rings. The summed E-state index contributed by atoms with van der Waals surface area (Å²) in [6, 6.07) is 11.8. The van der Waals surface area contributed by atoms with Crippen molar-refractivity contribution in [2.24, 2.45) is 0 Å². The number of piperazine rings is 1. The summed E-state index contributed by atoms with van der Waals surface area (Å²) in [5, 5.41) is 7.75. The zero-order valence-corrected chi connectivity index (χ0v) is 13.1. The van der Waals surface area contributed by atoms with Gasteiger partial charge in [0.15, 0.2) is 5.65 Å². The van der Waals surface area contributed by atoms with Crippen molar-refractivity contribution in [3.8, 4) is 0 Å². The third kappa shape index (κ3) is 2.83. The molecule has 3 aromatic heterocycles. The van der Waals surface area contributed by atoms with Crippen LogP contribution in [-0.4, -0.2) is 57.7 Å². The molecular formula is C16H19N7. The summed E-state index contributed by atoms with van der Waals surface area (Å²) in [5.41, 5.74) is 0.833. The summed E-state index contributed by atoms with van der Waals surface area (Å²) in [6.45, 7) is 4.12. The summed E-state index contributed by atoms with van der Waals surface area (Å²) in [4.78, 5) is 13.5. The minimum Gasteiger partial charge on any atom is -0.354 e. The second kappa shape index (κ2) is 5.85. The average molecular weight is 309 g/mol. The molecule has 0 unspecified atom stereocenters. The fourth-order valence-electron chi connectivity index (χ4n) is 2.77. The number of aromatic nitrogens is 4. The van der Waals surface area contributed by atoms with Crippen molar-refractivity contribution >= 4 is 23.2 Å². The smallest absolute Gasteiger partial charge is 0.248 e. The molecule has 0 aliphatic carbocycles. The van der Waals surface area contributed by atoms with Crippen LogP contribution in [0.1, 0.15) is 0 Å². The largest absolute Gasteiger partial charge is 0.354 e. The first-order valence-corrected chi connectivity index (χ1v) is 7.77. The van der Waals surface area contributed by atoms with Crippen molar-refractivity contribution in [3.05, 3.63) is 42.6 Å². The number of anilines is 3. The summed E-state index contributed by atoms with van der Waals surface area (Å²) in [5.74, 6) is 2.38. The molecular weight excluding hydrogens is 290 g/mol. The van der Waals surface area contributed by atoms with E-state index in [1.54, 1.807) is 6.20 Å². The van der Waals surface area contributed by atoms with Crippen LogP contribution in [-0.2, 0) is 0 Å². The fourth-order valence-corrected chi connectivity index (χ4v) is 2.77. The molecule has 0 saturated carbocycles. The Morgan fingerprint density at radius 3 is 2.65 bits per heavy atom. The molecule has 1 aliphatic rings. The molecule has 1 aliphatic heterocycles. The summed E-state index contributed by atoms with van der Waals surface area (Å²) < 4.78 is 1.90. The van der Waals surface area contributed by atoms with E-state index < -0.39 is 0 Å². The van der Waals surface area contributed by atoms with Crippen LogP contribution in [0.5, 0.6) is 0 Å². The van der Waals surface area contributed by atoms with Gasteiger partial charge in [0, 0.05) is 32.4 Å². The first-order chi connectivity index (χ1) is 11.3. The van der Waals surface area contributed by atoms with E-state index in [2.05, 4.69) is 43.3 Å². The van der Waals surface area contributed by atoms with E-state index in [1.807, 2.05) is 34.8 Å². The molecule has 1 saturated heterocycles. The van der Waals surface area contributed by atoms with Gasteiger partial charge in [-0.2, -0.15) is 9.50 Å². The van der Waals surface area contributed by atoms with Gasteiger partial charge in [0.25, 0.3) is 0 Å². The Labute approximate surface area is 134 Å². The molecule has 4 heterocycles. The molecule has 0 bridgehead atoms. The summed E-state index contributed by atoms with van der Waals surface area (Å²) >= 11 is 0. The van der Waals surface area contributed by atoms with Crippen LogP contribution in [0, 0.1) is 0 Å². The number of likely N-dealkylation sites (N-methyl/N-ethyl adjacent to an activating group) is 1. The van der Waals surface area contributed by atoms with E-state index in [-0.39, 0.29) is 0 Å². The van der Waals surface area contributed by atoms with Gasteiger partial charge in [0.2, 0.25) is 5.95 Å². The highest BCUT2D eigenvalue weighted by Gasteiger charge is 2.17. The standard InChI is InChI=1S/C16H19N7/c1-21-9-11-22(12-10-21)15-7-4-6-14-19-16(20-23(14)15)18-13-5-2-3-8-17-13/h2-8H,9-12H2,1H3,(H,17,18,20). The molecule has 0 radical (unpaired) electrons. The lowest BCUT2D eigenvalue weighted by molar-refractivity contribution is 0.311. The number of pyridine rings is 2. The van der Waals surface area contributed by atoms with Gasteiger partial charge >= 0.3 is 0 Å². The van der Waals surface area contributed by atoms with Crippen molar-refractivity contribution in [1.82, 2.24) is 24.5 Å². The number of nitrogens with zero attached hydrogens (tertiary/aromatic N) is 6. The third-order valence-electron chi connectivity index (χ3n) is 4.07. The first-order valence-electron chi connectivity index (χ1n) is 7.77. The Hall–Kier alpha value is -2.67. The highest BCUT2D eigenvalue weighted by Crippen LogP contribution is 2.19. The molecule has 1 fully saturated rings. The van der Waals surface area contributed by atoms with Gasteiger partial charge in [-0.25, -0.2) is 4.98 Å². The van der Waals surface area contributed by atoms with Crippen LogP contribution in [0.15, 0.2) is 42.6 Å². The maximum Gasteiger partial charge on any atom is 0.248 e. The predicted molar refractivity (Wildman–Crippen MR) is 90.2 cm³/mol. The van der Waals surface area contributed by atoms with E-state index >= 15 is 0 Å². The van der Waals surface area contributed by atoms with Crippen molar-refractivity contribution in [2.45, 2.75) is 0 Å². The topological polar surface area (TPSA) is 61.6 Å². The Morgan fingerprint density at radius 2 is 1.87 bits per heavy atom. The summed E-state index contributed by atoms with van der Waals surface area (Å²) in [7, 11) is 2.16. The van der Waals surface area contributed by atoms with Crippen LogP contribution >= 0.6 is 0 Å². The van der Waals surface area contributed by atoms with Gasteiger partial charge in [-0.15, -0.1) is 5.10 Å². The second-order valence-electron chi connectivity index (χ2n) is 5.72. The lowest BCUT2D eigenvalue weighted by Crippen LogP contribution is -2.45. The average Bonchev–Trinajstić information content (AvgIpc) is 2.99. The lowest BCUT2D eigenvalue weighted by atomic mass is 10.3.